The average molecular weight is 331 g/mol. The summed E-state index contributed by atoms with van der Waals surface area (Å²) in [7, 11) is 1.88. The van der Waals surface area contributed by atoms with Gasteiger partial charge in [-0.1, -0.05) is 18.5 Å². The number of anilines is 1. The van der Waals surface area contributed by atoms with Gasteiger partial charge in [0.2, 0.25) is 0 Å². The van der Waals surface area contributed by atoms with Crippen molar-refractivity contribution in [3.63, 3.8) is 0 Å². The summed E-state index contributed by atoms with van der Waals surface area (Å²) >= 11 is 6.22. The molecule has 2 aromatic heterocycles. The standard InChI is InChI=1S/C16H19ClN6/c1-11-8-16(9-11,15-20-10-23(2)22-15)12-6-13(17)21-14(7-12)19-5-3-4-18/h6-7,10-11H,3,5,8-9H2,1-2H3,(H,19,21). The molecule has 1 fully saturated rings. The van der Waals surface area contributed by atoms with Crippen LogP contribution in [0, 0.1) is 17.2 Å². The van der Waals surface area contributed by atoms with Crippen molar-refractivity contribution in [1.82, 2.24) is 19.7 Å². The zero-order valence-corrected chi connectivity index (χ0v) is 14.0. The molecule has 3 rings (SSSR count). The predicted molar refractivity (Wildman–Crippen MR) is 88.1 cm³/mol. The molecule has 2 aromatic rings. The highest BCUT2D eigenvalue weighted by Crippen LogP contribution is 2.51. The van der Waals surface area contributed by atoms with E-state index in [0.29, 0.717) is 29.9 Å². The molecule has 1 N–H and O–H groups in total. The van der Waals surface area contributed by atoms with E-state index in [9.17, 15) is 0 Å². The highest BCUT2D eigenvalue weighted by Gasteiger charge is 2.48. The van der Waals surface area contributed by atoms with Crippen molar-refractivity contribution in [3.05, 3.63) is 35.0 Å². The van der Waals surface area contributed by atoms with E-state index in [0.717, 1.165) is 24.2 Å². The average Bonchev–Trinajstić information content (AvgIpc) is 2.90. The van der Waals surface area contributed by atoms with Gasteiger partial charge in [0.1, 0.15) is 17.3 Å². The van der Waals surface area contributed by atoms with Crippen LogP contribution in [0.5, 0.6) is 0 Å². The SMILES string of the molecule is CC1CC(c2cc(Cl)nc(NCCC#N)c2)(c2ncn(C)n2)C1. The summed E-state index contributed by atoms with van der Waals surface area (Å²) in [5.74, 6) is 2.15. The molecule has 120 valence electrons. The molecule has 0 aliphatic heterocycles. The molecule has 23 heavy (non-hydrogen) atoms. The third-order valence-corrected chi connectivity index (χ3v) is 4.50. The molecule has 6 nitrogen and oxygen atoms in total. The second-order valence-corrected chi connectivity index (χ2v) is 6.62. The monoisotopic (exact) mass is 330 g/mol. The molecule has 0 saturated heterocycles. The van der Waals surface area contributed by atoms with Crippen molar-refractivity contribution in [3.8, 4) is 6.07 Å². The lowest BCUT2D eigenvalue weighted by Crippen LogP contribution is -2.42. The lowest BCUT2D eigenvalue weighted by atomic mass is 9.59. The number of nitriles is 1. The van der Waals surface area contributed by atoms with E-state index < -0.39 is 0 Å². The van der Waals surface area contributed by atoms with E-state index >= 15 is 0 Å². The second-order valence-electron chi connectivity index (χ2n) is 6.24. The molecule has 0 amide bonds. The van der Waals surface area contributed by atoms with Gasteiger partial charge in [0.15, 0.2) is 5.82 Å². The summed E-state index contributed by atoms with van der Waals surface area (Å²) in [5, 5.41) is 16.8. The zero-order valence-electron chi connectivity index (χ0n) is 13.3. The largest absolute Gasteiger partial charge is 0.369 e. The maximum absolute atomic E-state index is 8.65. The van der Waals surface area contributed by atoms with Gasteiger partial charge in [0.05, 0.1) is 17.9 Å². The van der Waals surface area contributed by atoms with Crippen molar-refractivity contribution >= 4 is 17.4 Å². The maximum atomic E-state index is 8.65. The lowest BCUT2D eigenvalue weighted by molar-refractivity contribution is 0.189. The minimum Gasteiger partial charge on any atom is -0.369 e. The normalized spacial score (nSPS) is 23.1. The molecule has 0 unspecified atom stereocenters. The zero-order chi connectivity index (χ0) is 16.4. The number of nitrogens with one attached hydrogen (secondary N) is 1. The molecule has 1 saturated carbocycles. The number of halogens is 1. The number of pyridine rings is 1. The van der Waals surface area contributed by atoms with Crippen LogP contribution >= 0.6 is 11.6 Å². The minimum absolute atomic E-state index is 0.196. The Morgan fingerprint density at radius 2 is 2.26 bits per heavy atom. The molecule has 7 heteroatoms. The number of hydrogen-bond donors (Lipinski definition) is 1. The Labute approximate surface area is 140 Å². The Balaban J connectivity index is 1.96. The molecular weight excluding hydrogens is 312 g/mol. The van der Waals surface area contributed by atoms with Crippen molar-refractivity contribution < 1.29 is 0 Å². The minimum atomic E-state index is -0.196. The third kappa shape index (κ3) is 3.02. The van der Waals surface area contributed by atoms with Gasteiger partial charge in [0, 0.05) is 13.6 Å². The third-order valence-electron chi connectivity index (χ3n) is 4.31. The molecule has 2 heterocycles. The molecule has 0 radical (unpaired) electrons. The highest BCUT2D eigenvalue weighted by atomic mass is 35.5. The molecule has 0 aromatic carbocycles. The van der Waals surface area contributed by atoms with Gasteiger partial charge >= 0.3 is 0 Å². The van der Waals surface area contributed by atoms with Crippen LogP contribution < -0.4 is 5.32 Å². The Kier molecular flexibility index (Phi) is 4.22. The Bertz CT molecular complexity index is 741. The number of nitrogens with zero attached hydrogens (tertiary/aromatic N) is 5. The van der Waals surface area contributed by atoms with E-state index in [1.54, 1.807) is 11.0 Å². The first-order valence-electron chi connectivity index (χ1n) is 7.68. The summed E-state index contributed by atoms with van der Waals surface area (Å²) in [4.78, 5) is 8.77. The smallest absolute Gasteiger partial charge is 0.161 e. The van der Waals surface area contributed by atoms with Gasteiger partial charge in [-0.2, -0.15) is 10.4 Å². The Hall–Kier alpha value is -2.13. The first kappa shape index (κ1) is 15.8. The van der Waals surface area contributed by atoms with Crippen LogP contribution in [0.2, 0.25) is 5.15 Å². The molecule has 0 bridgehead atoms. The fourth-order valence-electron chi connectivity index (χ4n) is 3.35. The fraction of sp³-hybridized carbons (Fsp3) is 0.500. The molecular formula is C16H19ClN6. The number of aromatic nitrogens is 4. The van der Waals surface area contributed by atoms with Crippen LogP contribution in [0.3, 0.4) is 0 Å². The van der Waals surface area contributed by atoms with Crippen molar-refractivity contribution in [2.45, 2.75) is 31.6 Å². The highest BCUT2D eigenvalue weighted by molar-refractivity contribution is 6.29. The van der Waals surface area contributed by atoms with Gasteiger partial charge < -0.3 is 5.32 Å². The van der Waals surface area contributed by atoms with Crippen LogP contribution in [0.25, 0.3) is 0 Å². The van der Waals surface area contributed by atoms with E-state index in [2.05, 4.69) is 33.4 Å². The fourth-order valence-corrected chi connectivity index (χ4v) is 3.55. The summed E-state index contributed by atoms with van der Waals surface area (Å²) in [6.45, 7) is 2.78. The lowest BCUT2D eigenvalue weighted by Gasteiger charge is -2.45. The van der Waals surface area contributed by atoms with Crippen LogP contribution in [0.15, 0.2) is 18.5 Å². The number of hydrogen-bond acceptors (Lipinski definition) is 5. The molecule has 1 aliphatic rings. The van der Waals surface area contributed by atoms with Crippen molar-refractivity contribution in [2.75, 3.05) is 11.9 Å². The van der Waals surface area contributed by atoms with Crippen LogP contribution in [0.1, 0.15) is 37.6 Å². The molecule has 1 aliphatic carbocycles. The van der Waals surface area contributed by atoms with E-state index in [4.69, 9.17) is 16.9 Å². The van der Waals surface area contributed by atoms with Crippen LogP contribution in [-0.2, 0) is 12.5 Å². The number of rotatable bonds is 5. The van der Waals surface area contributed by atoms with Gasteiger partial charge in [-0.3, -0.25) is 4.68 Å². The Morgan fingerprint density at radius 3 is 2.87 bits per heavy atom. The summed E-state index contributed by atoms with van der Waals surface area (Å²) < 4.78 is 1.73. The predicted octanol–water partition coefficient (Wildman–Crippen LogP) is 2.91. The molecule has 0 atom stereocenters. The first-order chi connectivity index (χ1) is 11.0. The summed E-state index contributed by atoms with van der Waals surface area (Å²) in [5.41, 5.74) is 0.889. The topological polar surface area (TPSA) is 79.4 Å². The maximum Gasteiger partial charge on any atom is 0.161 e. The van der Waals surface area contributed by atoms with E-state index in [1.807, 2.05) is 19.2 Å². The summed E-state index contributed by atoms with van der Waals surface area (Å²) in [6.07, 6.45) is 4.15. The molecule has 0 spiro atoms. The van der Waals surface area contributed by atoms with E-state index in [-0.39, 0.29) is 5.41 Å². The van der Waals surface area contributed by atoms with Crippen molar-refractivity contribution in [1.29, 1.82) is 5.26 Å². The van der Waals surface area contributed by atoms with Gasteiger partial charge in [-0.15, -0.1) is 0 Å². The first-order valence-corrected chi connectivity index (χ1v) is 8.06. The Morgan fingerprint density at radius 1 is 1.48 bits per heavy atom. The van der Waals surface area contributed by atoms with Gasteiger partial charge in [0.25, 0.3) is 0 Å². The number of aryl methyl sites for hydroxylation is 1. The second kappa shape index (κ2) is 6.17. The summed E-state index contributed by atoms with van der Waals surface area (Å²) in [6, 6.07) is 6.02. The quantitative estimate of drug-likeness (QED) is 0.673. The van der Waals surface area contributed by atoms with E-state index in [1.165, 1.54) is 0 Å². The van der Waals surface area contributed by atoms with Gasteiger partial charge in [-0.05, 0) is 36.5 Å². The van der Waals surface area contributed by atoms with Crippen LogP contribution in [-0.4, -0.2) is 26.3 Å². The van der Waals surface area contributed by atoms with Crippen molar-refractivity contribution in [2.24, 2.45) is 13.0 Å². The van der Waals surface area contributed by atoms with Crippen LogP contribution in [0.4, 0.5) is 5.82 Å². The van der Waals surface area contributed by atoms with Gasteiger partial charge in [-0.25, -0.2) is 9.97 Å².